The summed E-state index contributed by atoms with van der Waals surface area (Å²) in [7, 11) is -3.02. The molecule has 1 saturated heterocycles. The van der Waals surface area contributed by atoms with Gasteiger partial charge in [-0.1, -0.05) is 24.3 Å². The molecule has 3 heterocycles. The first-order valence-corrected chi connectivity index (χ1v) is 12.2. The minimum absolute atomic E-state index is 0.00792. The summed E-state index contributed by atoms with van der Waals surface area (Å²) in [5.41, 5.74) is 1.45. The maximum Gasteiger partial charge on any atom is 0.431 e. The molecule has 32 heavy (non-hydrogen) atoms. The Bertz CT molecular complexity index is 1240. The third kappa shape index (κ3) is 3.95. The standard InChI is InChI=1S/C21H22F3N5O2S/c22-21(23,24)17-11-15-19(27-17)25-12-26-20(15)28-18-14-4-2-1-3-13(14)5-6-16(18)29-7-9-32(30,31)10-8-29/h1-4,11-12,16,18H,5-10H2,(H2,25,26,27,28). The predicted octanol–water partition coefficient (Wildman–Crippen LogP) is 3.18. The second-order valence-electron chi connectivity index (χ2n) is 8.28. The number of aromatic nitrogens is 3. The molecular formula is C21H22F3N5O2S. The number of halogens is 3. The summed E-state index contributed by atoms with van der Waals surface area (Å²) in [5.74, 6) is 0.545. The van der Waals surface area contributed by atoms with Crippen molar-refractivity contribution in [2.24, 2.45) is 0 Å². The molecule has 2 aliphatic rings. The van der Waals surface area contributed by atoms with Crippen LogP contribution < -0.4 is 5.32 Å². The molecule has 5 rings (SSSR count). The first kappa shape index (κ1) is 21.2. The van der Waals surface area contributed by atoms with Gasteiger partial charge in [-0.2, -0.15) is 13.2 Å². The Balaban J connectivity index is 1.52. The fourth-order valence-electron chi connectivity index (χ4n) is 4.72. The summed E-state index contributed by atoms with van der Waals surface area (Å²) in [4.78, 5) is 12.7. The van der Waals surface area contributed by atoms with E-state index < -0.39 is 21.7 Å². The fraction of sp³-hybridized carbons (Fsp3) is 0.429. The van der Waals surface area contributed by atoms with Gasteiger partial charge in [0.1, 0.15) is 23.5 Å². The van der Waals surface area contributed by atoms with Crippen LogP contribution in [-0.2, 0) is 22.4 Å². The van der Waals surface area contributed by atoms with Crippen LogP contribution >= 0.6 is 0 Å². The molecule has 3 aromatic rings. The minimum Gasteiger partial charge on any atom is -0.361 e. The van der Waals surface area contributed by atoms with Gasteiger partial charge in [0.2, 0.25) is 0 Å². The van der Waals surface area contributed by atoms with Crippen molar-refractivity contribution in [1.29, 1.82) is 0 Å². The quantitative estimate of drug-likeness (QED) is 0.618. The Morgan fingerprint density at radius 3 is 2.62 bits per heavy atom. The number of aromatic amines is 1. The summed E-state index contributed by atoms with van der Waals surface area (Å²) >= 11 is 0. The molecule has 2 unspecified atom stereocenters. The zero-order valence-corrected chi connectivity index (χ0v) is 17.9. The van der Waals surface area contributed by atoms with E-state index in [-0.39, 0.29) is 34.6 Å². The summed E-state index contributed by atoms with van der Waals surface area (Å²) in [5, 5.41) is 3.65. The van der Waals surface area contributed by atoms with Crippen molar-refractivity contribution >= 4 is 26.7 Å². The van der Waals surface area contributed by atoms with E-state index in [1.54, 1.807) is 0 Å². The Hall–Kier alpha value is -2.66. The molecular weight excluding hydrogens is 443 g/mol. The number of benzene rings is 1. The number of H-pyrrole nitrogens is 1. The highest BCUT2D eigenvalue weighted by Gasteiger charge is 2.37. The molecule has 1 aliphatic carbocycles. The van der Waals surface area contributed by atoms with E-state index in [9.17, 15) is 21.6 Å². The lowest BCUT2D eigenvalue weighted by Gasteiger charge is -2.43. The van der Waals surface area contributed by atoms with Crippen LogP contribution in [0.2, 0.25) is 0 Å². The number of hydrogen-bond acceptors (Lipinski definition) is 6. The highest BCUT2D eigenvalue weighted by molar-refractivity contribution is 7.91. The maximum atomic E-state index is 13.2. The zero-order valence-electron chi connectivity index (χ0n) is 17.1. The topological polar surface area (TPSA) is 91.0 Å². The molecule has 11 heteroatoms. The van der Waals surface area contributed by atoms with Crippen LogP contribution in [0.25, 0.3) is 11.0 Å². The Morgan fingerprint density at radius 1 is 1.12 bits per heavy atom. The van der Waals surface area contributed by atoms with Gasteiger partial charge in [0, 0.05) is 19.1 Å². The molecule has 0 radical (unpaired) electrons. The van der Waals surface area contributed by atoms with Crippen molar-refractivity contribution < 1.29 is 21.6 Å². The lowest BCUT2D eigenvalue weighted by molar-refractivity contribution is -0.140. The number of nitrogens with one attached hydrogen (secondary N) is 2. The van der Waals surface area contributed by atoms with Gasteiger partial charge in [-0.3, -0.25) is 4.90 Å². The molecule has 0 spiro atoms. The first-order valence-electron chi connectivity index (χ1n) is 10.4. The maximum absolute atomic E-state index is 13.2. The number of fused-ring (bicyclic) bond motifs is 2. The predicted molar refractivity (Wildman–Crippen MR) is 114 cm³/mol. The lowest BCUT2D eigenvalue weighted by Crippen LogP contribution is -2.51. The van der Waals surface area contributed by atoms with Crippen molar-refractivity contribution in [2.45, 2.75) is 31.1 Å². The highest BCUT2D eigenvalue weighted by atomic mass is 32.2. The largest absolute Gasteiger partial charge is 0.431 e. The number of hydrogen-bond donors (Lipinski definition) is 2. The number of nitrogens with zero attached hydrogens (tertiary/aromatic N) is 3. The van der Waals surface area contributed by atoms with Crippen LogP contribution in [-0.4, -0.2) is 58.9 Å². The molecule has 0 amide bonds. The molecule has 2 N–H and O–H groups in total. The van der Waals surface area contributed by atoms with Crippen molar-refractivity contribution in [3.8, 4) is 0 Å². The summed E-state index contributed by atoms with van der Waals surface area (Å²) in [6, 6.07) is 8.73. The highest BCUT2D eigenvalue weighted by Crippen LogP contribution is 2.38. The molecule has 0 bridgehead atoms. The molecule has 170 valence electrons. The van der Waals surface area contributed by atoms with E-state index in [0.717, 1.165) is 24.5 Å². The second-order valence-corrected chi connectivity index (χ2v) is 10.6. The van der Waals surface area contributed by atoms with Gasteiger partial charge in [0.05, 0.1) is 22.9 Å². The molecule has 1 aromatic carbocycles. The van der Waals surface area contributed by atoms with Crippen LogP contribution in [0.15, 0.2) is 36.7 Å². The third-order valence-electron chi connectivity index (χ3n) is 6.36. The van der Waals surface area contributed by atoms with E-state index in [4.69, 9.17) is 0 Å². The fourth-order valence-corrected chi connectivity index (χ4v) is 5.95. The Kier molecular flexibility index (Phi) is 5.12. The first-order chi connectivity index (χ1) is 15.2. The van der Waals surface area contributed by atoms with E-state index in [1.807, 2.05) is 18.2 Å². The number of sulfone groups is 1. The minimum atomic E-state index is -4.52. The summed E-state index contributed by atoms with van der Waals surface area (Å²) in [6.07, 6.45) is -1.62. The van der Waals surface area contributed by atoms with E-state index in [0.29, 0.717) is 18.9 Å². The molecule has 1 fully saturated rings. The molecule has 0 saturated carbocycles. The van der Waals surface area contributed by atoms with Crippen LogP contribution in [0, 0.1) is 0 Å². The summed E-state index contributed by atoms with van der Waals surface area (Å²) < 4.78 is 63.5. The van der Waals surface area contributed by atoms with Crippen molar-refractivity contribution in [2.75, 3.05) is 29.9 Å². The van der Waals surface area contributed by atoms with Gasteiger partial charge < -0.3 is 10.3 Å². The van der Waals surface area contributed by atoms with Gasteiger partial charge in [0.25, 0.3) is 0 Å². The van der Waals surface area contributed by atoms with Crippen molar-refractivity contribution in [3.05, 3.63) is 53.5 Å². The van der Waals surface area contributed by atoms with E-state index >= 15 is 0 Å². The number of alkyl halides is 3. The summed E-state index contributed by atoms with van der Waals surface area (Å²) in [6.45, 7) is 0.879. The monoisotopic (exact) mass is 465 g/mol. The lowest BCUT2D eigenvalue weighted by atomic mass is 9.83. The zero-order chi connectivity index (χ0) is 22.5. The average Bonchev–Trinajstić information content (AvgIpc) is 3.20. The number of anilines is 1. The normalized spacial score (nSPS) is 23.7. The van der Waals surface area contributed by atoms with Crippen molar-refractivity contribution in [3.63, 3.8) is 0 Å². The van der Waals surface area contributed by atoms with Gasteiger partial charge in [-0.15, -0.1) is 0 Å². The van der Waals surface area contributed by atoms with Crippen molar-refractivity contribution in [1.82, 2.24) is 19.9 Å². The molecule has 2 aromatic heterocycles. The Labute approximate surface area is 183 Å². The van der Waals surface area contributed by atoms with Crippen LogP contribution in [0.4, 0.5) is 19.0 Å². The van der Waals surface area contributed by atoms with E-state index in [2.05, 4.69) is 31.2 Å². The van der Waals surface area contributed by atoms with Gasteiger partial charge in [0.15, 0.2) is 9.84 Å². The van der Waals surface area contributed by atoms with E-state index in [1.165, 1.54) is 11.9 Å². The number of aryl methyl sites for hydroxylation is 1. The SMILES string of the molecule is O=S1(=O)CCN(C2CCc3ccccc3C2Nc2ncnc3[nH]c(C(F)(F)F)cc23)CC1. The molecule has 7 nitrogen and oxygen atoms in total. The van der Waals surface area contributed by atoms with Crippen LogP contribution in [0.3, 0.4) is 0 Å². The third-order valence-corrected chi connectivity index (χ3v) is 7.96. The van der Waals surface area contributed by atoms with Crippen LogP contribution in [0.5, 0.6) is 0 Å². The van der Waals surface area contributed by atoms with Gasteiger partial charge in [-0.05, 0) is 30.0 Å². The smallest absolute Gasteiger partial charge is 0.361 e. The average molecular weight is 466 g/mol. The number of rotatable bonds is 3. The molecule has 1 aliphatic heterocycles. The Morgan fingerprint density at radius 2 is 1.88 bits per heavy atom. The second kappa shape index (κ2) is 7.73. The van der Waals surface area contributed by atoms with Gasteiger partial charge in [-0.25, -0.2) is 18.4 Å². The molecule has 2 atom stereocenters. The van der Waals surface area contributed by atoms with Gasteiger partial charge >= 0.3 is 6.18 Å². The van der Waals surface area contributed by atoms with Crippen LogP contribution in [0.1, 0.15) is 29.3 Å².